The molecule has 1 aromatic rings. The van der Waals surface area contributed by atoms with Gasteiger partial charge in [0.05, 0.1) is 5.75 Å². The molecule has 1 fully saturated rings. The van der Waals surface area contributed by atoms with Gasteiger partial charge in [-0.1, -0.05) is 12.1 Å². The maximum absolute atomic E-state index is 13.0. The zero-order chi connectivity index (χ0) is 14.4. The Balaban J connectivity index is 1.78. The minimum absolute atomic E-state index is 0.145. The molecule has 2 rings (SSSR count). The third-order valence-electron chi connectivity index (χ3n) is 3.64. The van der Waals surface area contributed by atoms with Crippen LogP contribution in [-0.4, -0.2) is 27.3 Å². The molecule has 1 aliphatic rings. The van der Waals surface area contributed by atoms with E-state index in [1.807, 2.05) is 0 Å². The minimum atomic E-state index is -3.28. The Morgan fingerprint density at radius 1 is 1.30 bits per heavy atom. The summed E-state index contributed by atoms with van der Waals surface area (Å²) >= 11 is 0. The molecule has 0 radical (unpaired) electrons. The molecule has 1 heterocycles. The Bertz CT molecular complexity index is 528. The average Bonchev–Trinajstić information content (AvgIpc) is 2.45. The number of rotatable bonds is 6. The molecule has 6 heteroatoms. The third-order valence-corrected chi connectivity index (χ3v) is 5.00. The van der Waals surface area contributed by atoms with Gasteiger partial charge in [0.15, 0.2) is 0 Å². The van der Waals surface area contributed by atoms with E-state index in [9.17, 15) is 12.8 Å². The van der Waals surface area contributed by atoms with Crippen LogP contribution in [0.25, 0.3) is 0 Å². The van der Waals surface area contributed by atoms with Crippen molar-refractivity contribution < 1.29 is 12.8 Å². The van der Waals surface area contributed by atoms with Crippen LogP contribution in [0.3, 0.4) is 0 Å². The first kappa shape index (κ1) is 15.4. The number of benzene rings is 1. The summed E-state index contributed by atoms with van der Waals surface area (Å²) in [5.41, 5.74) is 0.635. The van der Waals surface area contributed by atoms with E-state index in [1.165, 1.54) is 12.1 Å². The van der Waals surface area contributed by atoms with E-state index in [-0.39, 0.29) is 18.1 Å². The summed E-state index contributed by atoms with van der Waals surface area (Å²) in [5.74, 6) is 0.283. The van der Waals surface area contributed by atoms with Crippen LogP contribution >= 0.6 is 0 Å². The lowest BCUT2D eigenvalue weighted by Gasteiger charge is -2.22. The van der Waals surface area contributed by atoms with E-state index < -0.39 is 10.0 Å². The van der Waals surface area contributed by atoms with Crippen molar-refractivity contribution in [2.75, 3.05) is 18.8 Å². The Morgan fingerprint density at radius 2 is 2.05 bits per heavy atom. The summed E-state index contributed by atoms with van der Waals surface area (Å²) < 4.78 is 39.3. The first-order valence-corrected chi connectivity index (χ1v) is 8.63. The lowest BCUT2D eigenvalue weighted by molar-refractivity contribution is 0.365. The highest BCUT2D eigenvalue weighted by atomic mass is 32.2. The van der Waals surface area contributed by atoms with Crippen LogP contribution in [0.4, 0.5) is 4.39 Å². The van der Waals surface area contributed by atoms with Crippen molar-refractivity contribution >= 4 is 10.0 Å². The monoisotopic (exact) mass is 300 g/mol. The normalized spacial score (nSPS) is 17.2. The van der Waals surface area contributed by atoms with Crippen molar-refractivity contribution in [2.45, 2.75) is 25.8 Å². The molecule has 1 aliphatic heterocycles. The smallest absolute Gasteiger partial charge is 0.211 e. The van der Waals surface area contributed by atoms with Gasteiger partial charge in [0, 0.05) is 6.54 Å². The zero-order valence-electron chi connectivity index (χ0n) is 11.4. The predicted molar refractivity (Wildman–Crippen MR) is 77.2 cm³/mol. The molecular weight excluding hydrogens is 279 g/mol. The number of piperidine rings is 1. The summed E-state index contributed by atoms with van der Waals surface area (Å²) in [4.78, 5) is 0. The van der Waals surface area contributed by atoms with E-state index in [0.717, 1.165) is 25.9 Å². The summed E-state index contributed by atoms with van der Waals surface area (Å²) in [6.45, 7) is 2.09. The van der Waals surface area contributed by atoms with Gasteiger partial charge in [-0.15, -0.1) is 0 Å². The second kappa shape index (κ2) is 7.15. The van der Waals surface area contributed by atoms with Gasteiger partial charge in [-0.2, -0.15) is 0 Å². The molecule has 0 spiro atoms. The van der Waals surface area contributed by atoms with Gasteiger partial charge in [0.1, 0.15) is 5.82 Å². The van der Waals surface area contributed by atoms with Crippen LogP contribution in [0.1, 0.15) is 24.8 Å². The number of hydrogen-bond donors (Lipinski definition) is 2. The number of halogens is 1. The van der Waals surface area contributed by atoms with Gasteiger partial charge in [-0.25, -0.2) is 17.5 Å². The molecule has 2 N–H and O–H groups in total. The Morgan fingerprint density at radius 3 is 2.75 bits per heavy atom. The number of sulfonamides is 1. The van der Waals surface area contributed by atoms with E-state index in [0.29, 0.717) is 17.9 Å². The van der Waals surface area contributed by atoms with Gasteiger partial charge < -0.3 is 5.32 Å². The van der Waals surface area contributed by atoms with Crippen LogP contribution in [-0.2, 0) is 16.6 Å². The molecule has 20 heavy (non-hydrogen) atoms. The van der Waals surface area contributed by atoms with Crippen LogP contribution in [0.2, 0.25) is 0 Å². The largest absolute Gasteiger partial charge is 0.317 e. The van der Waals surface area contributed by atoms with Gasteiger partial charge in [0.2, 0.25) is 10.0 Å². The molecule has 1 saturated heterocycles. The van der Waals surface area contributed by atoms with Gasteiger partial charge in [-0.05, 0) is 56.0 Å². The minimum Gasteiger partial charge on any atom is -0.317 e. The molecule has 0 amide bonds. The second-order valence-corrected chi connectivity index (χ2v) is 7.18. The zero-order valence-corrected chi connectivity index (χ0v) is 12.3. The third kappa shape index (κ3) is 5.19. The standard InChI is InChI=1S/C14H21FN2O2S/c15-14-3-1-2-13(10-14)11-17-20(18,19)9-6-12-4-7-16-8-5-12/h1-3,10,12,16-17H,4-9,11H2. The maximum atomic E-state index is 13.0. The highest BCUT2D eigenvalue weighted by Crippen LogP contribution is 2.16. The van der Waals surface area contributed by atoms with Crippen LogP contribution < -0.4 is 10.0 Å². The van der Waals surface area contributed by atoms with Gasteiger partial charge >= 0.3 is 0 Å². The fraction of sp³-hybridized carbons (Fsp3) is 0.571. The molecule has 0 atom stereocenters. The number of hydrogen-bond acceptors (Lipinski definition) is 3. The first-order chi connectivity index (χ1) is 9.55. The molecular formula is C14H21FN2O2S. The second-order valence-electron chi connectivity index (χ2n) is 5.25. The van der Waals surface area contributed by atoms with Gasteiger partial charge in [-0.3, -0.25) is 0 Å². The molecule has 4 nitrogen and oxygen atoms in total. The van der Waals surface area contributed by atoms with Crippen molar-refractivity contribution in [3.8, 4) is 0 Å². The van der Waals surface area contributed by atoms with Gasteiger partial charge in [0.25, 0.3) is 0 Å². The van der Waals surface area contributed by atoms with Crippen LogP contribution in [0, 0.1) is 11.7 Å². The highest BCUT2D eigenvalue weighted by molar-refractivity contribution is 7.89. The lowest BCUT2D eigenvalue weighted by Crippen LogP contribution is -2.31. The fourth-order valence-corrected chi connectivity index (χ4v) is 3.58. The van der Waals surface area contributed by atoms with E-state index >= 15 is 0 Å². The quantitative estimate of drug-likeness (QED) is 0.839. The summed E-state index contributed by atoms with van der Waals surface area (Å²) in [6.07, 6.45) is 2.78. The maximum Gasteiger partial charge on any atom is 0.211 e. The Hall–Kier alpha value is -0.980. The molecule has 0 saturated carbocycles. The Kier molecular flexibility index (Phi) is 5.51. The summed E-state index contributed by atoms with van der Waals surface area (Å²) in [5, 5.41) is 3.26. The summed E-state index contributed by atoms with van der Waals surface area (Å²) in [6, 6.07) is 5.97. The van der Waals surface area contributed by atoms with Crippen LogP contribution in [0.15, 0.2) is 24.3 Å². The average molecular weight is 300 g/mol. The van der Waals surface area contributed by atoms with Crippen molar-refractivity contribution in [3.63, 3.8) is 0 Å². The van der Waals surface area contributed by atoms with E-state index in [1.54, 1.807) is 12.1 Å². The topological polar surface area (TPSA) is 58.2 Å². The van der Waals surface area contributed by atoms with Crippen LogP contribution in [0.5, 0.6) is 0 Å². The first-order valence-electron chi connectivity index (χ1n) is 6.98. The molecule has 1 aromatic carbocycles. The van der Waals surface area contributed by atoms with Crippen molar-refractivity contribution in [1.29, 1.82) is 0 Å². The molecule has 0 aromatic heterocycles. The highest BCUT2D eigenvalue weighted by Gasteiger charge is 2.17. The summed E-state index contributed by atoms with van der Waals surface area (Å²) in [7, 11) is -3.28. The molecule has 0 aliphatic carbocycles. The molecule has 0 unspecified atom stereocenters. The van der Waals surface area contributed by atoms with Crippen molar-refractivity contribution in [3.05, 3.63) is 35.6 Å². The molecule has 0 bridgehead atoms. The van der Waals surface area contributed by atoms with Crippen molar-refractivity contribution in [1.82, 2.24) is 10.0 Å². The van der Waals surface area contributed by atoms with Crippen molar-refractivity contribution in [2.24, 2.45) is 5.92 Å². The fourth-order valence-electron chi connectivity index (χ4n) is 2.40. The van der Waals surface area contributed by atoms with E-state index in [4.69, 9.17) is 0 Å². The Labute approximate surface area is 119 Å². The predicted octanol–water partition coefficient (Wildman–Crippen LogP) is 1.63. The number of nitrogens with one attached hydrogen (secondary N) is 2. The molecule has 112 valence electrons. The van der Waals surface area contributed by atoms with E-state index in [2.05, 4.69) is 10.0 Å². The lowest BCUT2D eigenvalue weighted by atomic mass is 9.96. The SMILES string of the molecule is O=S(=O)(CCC1CCNCC1)NCc1cccc(F)c1.